The van der Waals surface area contributed by atoms with E-state index in [1.54, 1.807) is 48.8 Å². The van der Waals surface area contributed by atoms with Gasteiger partial charge in [0, 0.05) is 41.6 Å². The van der Waals surface area contributed by atoms with Gasteiger partial charge in [-0.15, -0.1) is 0 Å². The van der Waals surface area contributed by atoms with E-state index < -0.39 is 0 Å². The van der Waals surface area contributed by atoms with E-state index in [1.165, 1.54) is 162 Å². The van der Waals surface area contributed by atoms with Gasteiger partial charge in [0.1, 0.15) is 17.2 Å². The van der Waals surface area contributed by atoms with Crippen LogP contribution in [0.4, 0.5) is 0 Å². The van der Waals surface area contributed by atoms with Crippen molar-refractivity contribution in [2.75, 3.05) is 67.1 Å². The van der Waals surface area contributed by atoms with Crippen molar-refractivity contribution < 1.29 is 66.6 Å². The highest BCUT2D eigenvalue weighted by atomic mass is 16.5. The Morgan fingerprint density at radius 3 is 0.762 bits per heavy atom. The van der Waals surface area contributed by atoms with Crippen LogP contribution in [0.2, 0.25) is 0 Å². The number of esters is 5. The van der Waals surface area contributed by atoms with E-state index in [2.05, 4.69) is 123 Å². The Balaban J connectivity index is 0. The molecule has 3 aliphatic rings. The van der Waals surface area contributed by atoms with Crippen LogP contribution in [0.3, 0.4) is 0 Å². The number of carbonyl (C=O) groups is 5. The molecule has 0 amide bonds. The van der Waals surface area contributed by atoms with Crippen LogP contribution in [0.15, 0.2) is 115 Å². The molecule has 0 unspecified atom stereocenters. The molecule has 14 nitrogen and oxygen atoms in total. The second-order valence-corrected chi connectivity index (χ2v) is 26.2. The summed E-state index contributed by atoms with van der Waals surface area (Å²) in [5, 5.41) is 0. The van der Waals surface area contributed by atoms with Crippen LogP contribution < -0.4 is 14.2 Å². The Morgan fingerprint density at radius 2 is 0.495 bits per heavy atom. The number of hydrogen-bond donors (Lipinski definition) is 0. The van der Waals surface area contributed by atoms with E-state index >= 15 is 0 Å². The van der Waals surface area contributed by atoms with Gasteiger partial charge in [0.2, 0.25) is 0 Å². The monoisotopic (exact) mass is 1410 g/mol. The van der Waals surface area contributed by atoms with Gasteiger partial charge in [0.05, 0.1) is 53.4 Å². The maximum atomic E-state index is 11.0. The maximum absolute atomic E-state index is 11.0. The molecular formula is C87H140O14. The van der Waals surface area contributed by atoms with Gasteiger partial charge in [-0.25, -0.2) is 24.0 Å². The number of hydrogen-bond acceptors (Lipinski definition) is 14. The van der Waals surface area contributed by atoms with Gasteiger partial charge in [0.25, 0.3) is 0 Å². The Labute approximate surface area is 614 Å². The summed E-state index contributed by atoms with van der Waals surface area (Å²) in [5.74, 6) is 1.70. The quantitative estimate of drug-likeness (QED) is 0.0227. The number of benzene rings is 3. The fourth-order valence-corrected chi connectivity index (χ4v) is 9.31. The highest BCUT2D eigenvalue weighted by Crippen LogP contribution is 2.29. The molecule has 3 aliphatic carbocycles. The molecule has 6 rings (SSSR count). The molecule has 0 N–H and O–H groups in total. The summed E-state index contributed by atoms with van der Waals surface area (Å²) in [6.07, 6.45) is 38.9. The molecule has 0 heterocycles. The van der Waals surface area contributed by atoms with Crippen molar-refractivity contribution in [1.29, 1.82) is 0 Å². The van der Waals surface area contributed by atoms with Crippen LogP contribution >= 0.6 is 0 Å². The third-order valence-electron chi connectivity index (χ3n) is 16.2. The van der Waals surface area contributed by atoms with E-state index in [0.29, 0.717) is 60.9 Å². The Morgan fingerprint density at radius 1 is 0.277 bits per heavy atom. The number of unbranched alkanes of at least 4 members (excludes halogenated alkanes) is 20. The summed E-state index contributed by atoms with van der Waals surface area (Å²) in [7, 11) is 3.44. The molecule has 0 atom stereocenters. The van der Waals surface area contributed by atoms with Crippen molar-refractivity contribution in [3.05, 3.63) is 149 Å². The number of fused-ring (bicyclic) bond motifs is 3. The normalized spacial score (nSPS) is 11.0. The van der Waals surface area contributed by atoms with Crippen molar-refractivity contribution in [2.45, 2.75) is 288 Å². The van der Waals surface area contributed by atoms with E-state index in [1.807, 2.05) is 6.07 Å². The third kappa shape index (κ3) is 54.4. The van der Waals surface area contributed by atoms with Gasteiger partial charge < -0.3 is 42.6 Å². The molecule has 101 heavy (non-hydrogen) atoms. The standard InChI is InChI=1S/C14H20O.C13H18O2.C13H24O2.C11H20O2.C10H18O2.C9H16O2.C9H10O.C8H14O2/c1-2-3-4-5-10-15-14-9-8-12-6-7-13(12)11-14;1-14-8-2-3-9-15-13-7-6-11-4-5-12(11)10-13;1-4-5-6-7-8-9-10-11-15-13(14)12(2)3;1-4-5-6-7-8-9-13-11(12)10(2)3;1-4-5-6-7-8-12-10(11)9(2)3;1-4-5-6-7-11-9(10)8(2)3;1-10-9-5-4-7-2-3-8(7)6-9;1-4-5-6-10-8(9)7(2)3/h8-9,11H,2-7,10H2,1H3;6-7,10H,2-5,8-9H2,1H3;2,4-11H2,1,3H3;2,4-9H2,1,3H3;2,4-8H2,1,3H3;2,4-7H2,1,3H3;4-6H,2-3H2,1H3;2,4-6H2,1,3H3. The van der Waals surface area contributed by atoms with Crippen LogP contribution in [-0.4, -0.2) is 96.9 Å². The number of rotatable bonds is 44. The minimum Gasteiger partial charge on any atom is -0.497 e. The first kappa shape index (κ1) is 96.1. The van der Waals surface area contributed by atoms with E-state index in [-0.39, 0.29) is 29.8 Å². The topological polar surface area (TPSA) is 168 Å². The molecule has 0 bridgehead atoms. The van der Waals surface area contributed by atoms with E-state index in [0.717, 1.165) is 121 Å². The zero-order chi connectivity index (χ0) is 75.7. The summed E-state index contributed by atoms with van der Waals surface area (Å²) < 4.78 is 46.0. The van der Waals surface area contributed by atoms with Gasteiger partial charge in [-0.2, -0.15) is 0 Å². The smallest absolute Gasteiger partial charge is 0.333 e. The minimum atomic E-state index is -0.284. The lowest BCUT2D eigenvalue weighted by Gasteiger charge is -2.19. The fraction of sp³-hybridized carbons (Fsp3) is 0.621. The van der Waals surface area contributed by atoms with Crippen molar-refractivity contribution in [1.82, 2.24) is 0 Å². The molecule has 3 aromatic rings. The van der Waals surface area contributed by atoms with Crippen LogP contribution in [0.1, 0.15) is 283 Å². The zero-order valence-corrected chi connectivity index (χ0v) is 65.9. The van der Waals surface area contributed by atoms with Crippen molar-refractivity contribution in [3.63, 3.8) is 0 Å². The largest absolute Gasteiger partial charge is 0.497 e. The highest BCUT2D eigenvalue weighted by molar-refractivity contribution is 5.88. The van der Waals surface area contributed by atoms with E-state index in [4.69, 9.17) is 42.6 Å². The Hall–Kier alpha value is -6.93. The first-order valence-corrected chi connectivity index (χ1v) is 38.4. The minimum absolute atomic E-state index is 0.263. The van der Waals surface area contributed by atoms with Crippen molar-refractivity contribution >= 4 is 29.8 Å². The van der Waals surface area contributed by atoms with Crippen LogP contribution in [0.5, 0.6) is 17.2 Å². The maximum Gasteiger partial charge on any atom is 0.333 e. The van der Waals surface area contributed by atoms with Crippen LogP contribution in [0, 0.1) is 0 Å². The molecule has 0 spiro atoms. The number of methoxy groups -OCH3 is 2. The number of aryl methyl sites for hydroxylation is 6. The SMILES string of the molecule is C=C(C)C(=O)OCCCC.C=C(C)C(=O)OCCCCC.C=C(C)C(=O)OCCCCCC.C=C(C)C(=O)OCCCCCCC.C=C(C)C(=O)OCCCCCCCCC.CCCCCCOc1ccc2c(c1)CC2.COCCCCOc1ccc2c(c1)CC2.COc1ccc2c(c1)CC2. The average molecular weight is 1410 g/mol. The molecule has 3 aromatic carbocycles. The van der Waals surface area contributed by atoms with Crippen LogP contribution in [0.25, 0.3) is 0 Å². The second-order valence-electron chi connectivity index (χ2n) is 26.2. The van der Waals surface area contributed by atoms with Crippen molar-refractivity contribution in [2.24, 2.45) is 0 Å². The highest BCUT2D eigenvalue weighted by Gasteiger charge is 2.15. The summed E-state index contributed by atoms with van der Waals surface area (Å²) >= 11 is 0. The third-order valence-corrected chi connectivity index (χ3v) is 16.2. The first-order valence-electron chi connectivity index (χ1n) is 38.4. The number of carbonyl (C=O) groups excluding carboxylic acids is 5. The molecule has 0 radical (unpaired) electrons. The second kappa shape index (κ2) is 66.3. The lowest BCUT2D eigenvalue weighted by molar-refractivity contribution is -0.139. The average Bonchev–Trinajstić information content (AvgIpc) is 0.839. The van der Waals surface area contributed by atoms with Gasteiger partial charge in [-0.3, -0.25) is 0 Å². The van der Waals surface area contributed by atoms with Gasteiger partial charge in [-0.1, -0.05) is 215 Å². The predicted octanol–water partition coefficient (Wildman–Crippen LogP) is 21.9. The molecule has 0 aromatic heterocycles. The fourth-order valence-electron chi connectivity index (χ4n) is 9.31. The molecule has 0 saturated carbocycles. The molecule has 0 fully saturated rings. The number of ether oxygens (including phenoxy) is 9. The summed E-state index contributed by atoms with van der Waals surface area (Å²) in [6, 6.07) is 19.3. The lowest BCUT2D eigenvalue weighted by atomic mass is 9.89. The molecule has 0 saturated heterocycles. The van der Waals surface area contributed by atoms with Gasteiger partial charge in [0.15, 0.2) is 0 Å². The predicted molar refractivity (Wildman–Crippen MR) is 419 cm³/mol. The van der Waals surface area contributed by atoms with Crippen LogP contribution in [-0.2, 0) is 90.9 Å². The Bertz CT molecular complexity index is 2670. The molecule has 572 valence electrons. The van der Waals surface area contributed by atoms with E-state index in [9.17, 15) is 24.0 Å². The van der Waals surface area contributed by atoms with Gasteiger partial charge >= 0.3 is 29.8 Å². The Kier molecular flexibility index (Phi) is 63.1. The summed E-state index contributed by atoms with van der Waals surface area (Å²) in [6.45, 7) is 43.9. The van der Waals surface area contributed by atoms with Gasteiger partial charge in [-0.05, 0) is 194 Å². The molecular weight excluding hydrogens is 1270 g/mol. The first-order chi connectivity index (χ1) is 48.6. The summed E-state index contributed by atoms with van der Waals surface area (Å²) in [4.78, 5) is 54.2. The summed E-state index contributed by atoms with van der Waals surface area (Å²) in [5.41, 5.74) is 11.3. The van der Waals surface area contributed by atoms with Crippen molar-refractivity contribution in [3.8, 4) is 17.2 Å². The molecule has 0 aliphatic heterocycles. The zero-order valence-electron chi connectivity index (χ0n) is 65.9. The molecule has 14 heteroatoms. The lowest BCUT2D eigenvalue weighted by Crippen LogP contribution is -2.08.